The molecular formula is C13H29N3S. The lowest BCUT2D eigenvalue weighted by molar-refractivity contribution is 0.601. The number of thioether (sulfide) groups is 1. The van der Waals surface area contributed by atoms with Gasteiger partial charge in [-0.3, -0.25) is 4.99 Å². The van der Waals surface area contributed by atoms with Gasteiger partial charge in [-0.25, -0.2) is 0 Å². The quantitative estimate of drug-likeness (QED) is 0.360. The second-order valence-electron chi connectivity index (χ2n) is 4.47. The first-order valence-corrected chi connectivity index (χ1v) is 8.06. The van der Waals surface area contributed by atoms with E-state index < -0.39 is 0 Å². The molecule has 3 N–H and O–H groups in total. The lowest BCUT2D eigenvalue weighted by atomic mass is 10.1. The van der Waals surface area contributed by atoms with E-state index in [1.807, 2.05) is 11.8 Å². The first-order chi connectivity index (χ1) is 8.20. The highest BCUT2D eigenvalue weighted by molar-refractivity contribution is 7.99. The maximum absolute atomic E-state index is 5.77. The van der Waals surface area contributed by atoms with E-state index in [1.165, 1.54) is 38.5 Å². The Balaban J connectivity index is 3.35. The second kappa shape index (κ2) is 12.1. The van der Waals surface area contributed by atoms with Crippen LogP contribution >= 0.6 is 11.8 Å². The normalized spacial score (nSPS) is 13.7. The van der Waals surface area contributed by atoms with Crippen LogP contribution in [0, 0.1) is 0 Å². The minimum atomic E-state index is 0.546. The van der Waals surface area contributed by atoms with Crippen molar-refractivity contribution in [2.75, 3.05) is 19.3 Å². The molecule has 1 atom stereocenters. The largest absolute Gasteiger partial charge is 0.370 e. The van der Waals surface area contributed by atoms with Gasteiger partial charge in [0.05, 0.1) is 6.54 Å². The molecule has 1 unspecified atom stereocenters. The van der Waals surface area contributed by atoms with Crippen LogP contribution in [0.25, 0.3) is 0 Å². The number of hydrogen-bond donors (Lipinski definition) is 2. The summed E-state index contributed by atoms with van der Waals surface area (Å²) in [6.07, 6.45) is 9.97. The Morgan fingerprint density at radius 1 is 1.24 bits per heavy atom. The smallest absolute Gasteiger partial charge is 0.188 e. The van der Waals surface area contributed by atoms with Crippen LogP contribution in [-0.4, -0.2) is 30.6 Å². The summed E-state index contributed by atoms with van der Waals surface area (Å²) in [5.41, 5.74) is 5.77. The van der Waals surface area contributed by atoms with Crippen molar-refractivity contribution in [3.05, 3.63) is 0 Å². The molecule has 0 aromatic heterocycles. The molecule has 0 rings (SSSR count). The van der Waals surface area contributed by atoms with Gasteiger partial charge in [-0.15, -0.1) is 0 Å². The standard InChI is InChI=1S/C13H29N3S/c1-4-5-6-7-8-9-10-15-13(14)16-11-12(2)17-3/h12H,4-11H2,1-3H3,(H3,14,15,16). The molecular weight excluding hydrogens is 230 g/mol. The van der Waals surface area contributed by atoms with Gasteiger partial charge in [-0.1, -0.05) is 46.0 Å². The van der Waals surface area contributed by atoms with Crippen LogP contribution in [0.4, 0.5) is 0 Å². The van der Waals surface area contributed by atoms with Gasteiger partial charge in [0.2, 0.25) is 0 Å². The Morgan fingerprint density at radius 2 is 1.88 bits per heavy atom. The topological polar surface area (TPSA) is 50.4 Å². The van der Waals surface area contributed by atoms with E-state index >= 15 is 0 Å². The van der Waals surface area contributed by atoms with Crippen LogP contribution in [0.3, 0.4) is 0 Å². The maximum atomic E-state index is 5.77. The Kier molecular flexibility index (Phi) is 11.8. The third kappa shape index (κ3) is 11.9. The lowest BCUT2D eigenvalue weighted by Crippen LogP contribution is -2.33. The SMILES string of the molecule is CCCCCCCCNC(N)=NCC(C)SC. The van der Waals surface area contributed by atoms with E-state index in [-0.39, 0.29) is 0 Å². The van der Waals surface area contributed by atoms with Crippen molar-refractivity contribution in [3.8, 4) is 0 Å². The summed E-state index contributed by atoms with van der Waals surface area (Å²) in [4.78, 5) is 4.30. The average Bonchev–Trinajstić information content (AvgIpc) is 2.34. The third-order valence-electron chi connectivity index (χ3n) is 2.76. The molecule has 0 fully saturated rings. The fourth-order valence-electron chi connectivity index (χ4n) is 1.48. The van der Waals surface area contributed by atoms with E-state index in [2.05, 4.69) is 30.4 Å². The van der Waals surface area contributed by atoms with Gasteiger partial charge in [-0.05, 0) is 12.7 Å². The molecule has 0 aromatic carbocycles. The van der Waals surface area contributed by atoms with Crippen molar-refractivity contribution >= 4 is 17.7 Å². The van der Waals surface area contributed by atoms with Gasteiger partial charge in [-0.2, -0.15) is 11.8 Å². The zero-order valence-corrected chi connectivity index (χ0v) is 12.5. The molecule has 0 aliphatic heterocycles. The third-order valence-corrected chi connectivity index (χ3v) is 3.71. The van der Waals surface area contributed by atoms with Crippen LogP contribution < -0.4 is 11.1 Å². The molecule has 0 spiro atoms. The molecule has 0 amide bonds. The monoisotopic (exact) mass is 259 g/mol. The maximum Gasteiger partial charge on any atom is 0.188 e. The van der Waals surface area contributed by atoms with Crippen molar-refractivity contribution < 1.29 is 0 Å². The van der Waals surface area contributed by atoms with Crippen molar-refractivity contribution in [2.24, 2.45) is 10.7 Å². The van der Waals surface area contributed by atoms with Gasteiger partial charge in [0, 0.05) is 11.8 Å². The van der Waals surface area contributed by atoms with Crippen LogP contribution in [0.15, 0.2) is 4.99 Å². The first-order valence-electron chi connectivity index (χ1n) is 6.77. The Bertz CT molecular complexity index is 195. The second-order valence-corrected chi connectivity index (χ2v) is 5.74. The molecule has 0 bridgehead atoms. The van der Waals surface area contributed by atoms with E-state index in [0.29, 0.717) is 11.2 Å². The molecule has 0 aliphatic rings. The van der Waals surface area contributed by atoms with Crippen LogP contribution in [0.1, 0.15) is 52.4 Å². The van der Waals surface area contributed by atoms with Crippen molar-refractivity contribution in [3.63, 3.8) is 0 Å². The molecule has 3 nitrogen and oxygen atoms in total. The van der Waals surface area contributed by atoms with Crippen LogP contribution in [-0.2, 0) is 0 Å². The molecule has 0 radical (unpaired) electrons. The summed E-state index contributed by atoms with van der Waals surface area (Å²) >= 11 is 1.82. The summed E-state index contributed by atoms with van der Waals surface area (Å²) in [6, 6.07) is 0. The summed E-state index contributed by atoms with van der Waals surface area (Å²) < 4.78 is 0. The van der Waals surface area contributed by atoms with Crippen molar-refractivity contribution in [1.29, 1.82) is 0 Å². The number of hydrogen-bond acceptors (Lipinski definition) is 2. The minimum absolute atomic E-state index is 0.546. The van der Waals surface area contributed by atoms with Crippen molar-refractivity contribution in [1.82, 2.24) is 5.32 Å². The van der Waals surface area contributed by atoms with Gasteiger partial charge in [0.25, 0.3) is 0 Å². The molecule has 17 heavy (non-hydrogen) atoms. The Hall–Kier alpha value is -0.380. The molecule has 0 heterocycles. The van der Waals surface area contributed by atoms with Crippen molar-refractivity contribution in [2.45, 2.75) is 57.6 Å². The Labute approximate surface area is 111 Å². The zero-order chi connectivity index (χ0) is 12.9. The van der Waals surface area contributed by atoms with E-state index in [4.69, 9.17) is 5.73 Å². The molecule has 102 valence electrons. The number of nitrogens with two attached hydrogens (primary N) is 1. The highest BCUT2D eigenvalue weighted by atomic mass is 32.2. The Morgan fingerprint density at radius 3 is 2.53 bits per heavy atom. The number of aliphatic imine (C=N–C) groups is 1. The van der Waals surface area contributed by atoms with Gasteiger partial charge < -0.3 is 11.1 Å². The summed E-state index contributed by atoms with van der Waals surface area (Å²) in [6.45, 7) is 6.16. The summed E-state index contributed by atoms with van der Waals surface area (Å²) in [5.74, 6) is 0.597. The predicted molar refractivity (Wildman–Crippen MR) is 80.8 cm³/mol. The zero-order valence-electron chi connectivity index (χ0n) is 11.7. The average molecular weight is 259 g/mol. The minimum Gasteiger partial charge on any atom is -0.370 e. The highest BCUT2D eigenvalue weighted by Gasteiger charge is 1.97. The number of guanidine groups is 1. The van der Waals surface area contributed by atoms with E-state index in [1.54, 1.807) is 0 Å². The first kappa shape index (κ1) is 16.6. The molecule has 0 aromatic rings. The summed E-state index contributed by atoms with van der Waals surface area (Å²) in [5, 5.41) is 3.72. The molecule has 4 heteroatoms. The van der Waals surface area contributed by atoms with E-state index in [0.717, 1.165) is 13.1 Å². The number of nitrogens with zero attached hydrogens (tertiary/aromatic N) is 1. The number of rotatable bonds is 10. The van der Waals surface area contributed by atoms with E-state index in [9.17, 15) is 0 Å². The van der Waals surface area contributed by atoms with Crippen LogP contribution in [0.2, 0.25) is 0 Å². The predicted octanol–water partition coefficient (Wildman–Crippen LogP) is 3.00. The number of nitrogens with one attached hydrogen (secondary N) is 1. The van der Waals surface area contributed by atoms with Gasteiger partial charge in [0.1, 0.15) is 0 Å². The van der Waals surface area contributed by atoms with Gasteiger partial charge in [0.15, 0.2) is 5.96 Å². The lowest BCUT2D eigenvalue weighted by Gasteiger charge is -2.07. The summed E-state index contributed by atoms with van der Waals surface area (Å²) in [7, 11) is 0. The highest BCUT2D eigenvalue weighted by Crippen LogP contribution is 2.05. The fraction of sp³-hybridized carbons (Fsp3) is 0.923. The van der Waals surface area contributed by atoms with Gasteiger partial charge >= 0.3 is 0 Å². The molecule has 0 saturated heterocycles. The number of unbranched alkanes of at least 4 members (excludes halogenated alkanes) is 5. The molecule has 0 saturated carbocycles. The van der Waals surface area contributed by atoms with Crippen LogP contribution in [0.5, 0.6) is 0 Å². The molecule has 0 aliphatic carbocycles. The fourth-order valence-corrected chi connectivity index (χ4v) is 1.70.